The molecule has 3 N–H and O–H groups in total. The van der Waals surface area contributed by atoms with Crippen LogP contribution in [0.4, 0.5) is 0 Å². The summed E-state index contributed by atoms with van der Waals surface area (Å²) in [6, 6.07) is -1.35. The van der Waals surface area contributed by atoms with Crippen molar-refractivity contribution in [3.8, 4) is 0 Å². The van der Waals surface area contributed by atoms with Gasteiger partial charge in [0.1, 0.15) is 6.04 Å². The predicted molar refractivity (Wildman–Crippen MR) is 98.6 cm³/mol. The monoisotopic (exact) mass is 381 g/mol. The fraction of sp³-hybridized carbons (Fsp3) is 0.842. The van der Waals surface area contributed by atoms with Crippen molar-refractivity contribution < 1.29 is 55.6 Å². The van der Waals surface area contributed by atoms with Gasteiger partial charge < -0.3 is 17.0 Å². The van der Waals surface area contributed by atoms with Gasteiger partial charge >= 0.3 is 41.5 Å². The average molecular weight is 381 g/mol. The van der Waals surface area contributed by atoms with Crippen molar-refractivity contribution in [1.82, 2.24) is 5.32 Å². The first-order valence-corrected chi connectivity index (χ1v) is 9.71. The van der Waals surface area contributed by atoms with Crippen molar-refractivity contribution in [2.24, 2.45) is 0 Å². The summed E-state index contributed by atoms with van der Waals surface area (Å²) in [5.74, 6) is -2.94. The zero-order valence-corrected chi connectivity index (χ0v) is 18.6. The molecule has 0 radical (unpaired) electrons. The Labute approximate surface area is 181 Å². The summed E-state index contributed by atoms with van der Waals surface area (Å²) in [5.41, 5.74) is 0. The van der Waals surface area contributed by atoms with Crippen molar-refractivity contribution in [3.05, 3.63) is 0 Å². The minimum Gasteiger partial charge on any atom is -1.00 e. The number of hydrogen-bond donors (Lipinski definition) is 3. The van der Waals surface area contributed by atoms with Gasteiger partial charge in [-0.05, 0) is 6.42 Å². The van der Waals surface area contributed by atoms with Gasteiger partial charge in [0.05, 0.1) is 6.42 Å². The Morgan fingerprint density at radius 2 is 1.23 bits per heavy atom. The largest absolute Gasteiger partial charge is 1.00 e. The minimum atomic E-state index is -1.35. The van der Waals surface area contributed by atoms with Crippen LogP contribution in [0.3, 0.4) is 0 Å². The minimum absolute atomic E-state index is 0. The molecular formula is C19H36NNaO5. The number of aliphatic carboxylic acids is 2. The Hall–Kier alpha value is -0.590. The number of rotatable bonds is 17. The van der Waals surface area contributed by atoms with Crippen LogP contribution < -0.4 is 34.9 Å². The molecule has 1 atom stereocenters. The van der Waals surface area contributed by atoms with Gasteiger partial charge in [-0.1, -0.05) is 77.6 Å². The van der Waals surface area contributed by atoms with E-state index in [0.29, 0.717) is 6.42 Å². The quantitative estimate of drug-likeness (QED) is 0.260. The van der Waals surface area contributed by atoms with Crippen LogP contribution in [-0.4, -0.2) is 34.1 Å². The zero-order valence-electron chi connectivity index (χ0n) is 17.6. The molecule has 0 fully saturated rings. The number of unbranched alkanes of at least 4 members (excludes halogenated alkanes) is 11. The summed E-state index contributed by atoms with van der Waals surface area (Å²) < 4.78 is 0. The summed E-state index contributed by atoms with van der Waals surface area (Å²) in [5, 5.41) is 19.8. The number of carboxylic acids is 2. The van der Waals surface area contributed by atoms with E-state index in [0.717, 1.165) is 12.8 Å². The summed E-state index contributed by atoms with van der Waals surface area (Å²) in [4.78, 5) is 33.1. The summed E-state index contributed by atoms with van der Waals surface area (Å²) in [7, 11) is 0. The number of carbonyl (C=O) groups excluding carboxylic acids is 1. The molecule has 0 aromatic rings. The maximum absolute atomic E-state index is 11.7. The predicted octanol–water partition coefficient (Wildman–Crippen LogP) is 1.24. The standard InChI is InChI=1S/C19H35NO5.Na.H/c1-2-3-4-5-6-7-8-9-10-11-12-13-14-17(21)20-16(19(24)25)15-18(22)23;;/h16H,2-15H2,1H3,(H,20,21)(H,22,23)(H,24,25);;/q;+1;-1/t16-;;/m0../s1. The number of carbonyl (C=O) groups is 3. The fourth-order valence-electron chi connectivity index (χ4n) is 2.77. The molecule has 1 amide bonds. The van der Waals surface area contributed by atoms with E-state index < -0.39 is 24.4 Å². The Balaban J connectivity index is -0.00000288. The molecule has 0 rings (SSSR count). The summed E-state index contributed by atoms with van der Waals surface area (Å²) in [6.45, 7) is 2.23. The van der Waals surface area contributed by atoms with E-state index in [1.807, 2.05) is 0 Å². The smallest absolute Gasteiger partial charge is 1.00 e. The van der Waals surface area contributed by atoms with E-state index in [2.05, 4.69) is 12.2 Å². The molecule has 0 aromatic carbocycles. The fourth-order valence-corrected chi connectivity index (χ4v) is 2.77. The SMILES string of the molecule is CCCCCCCCCCCCCCC(=O)N[C@@H](CC(=O)O)C(=O)O.[H-].[Na+]. The first-order valence-electron chi connectivity index (χ1n) is 9.71. The third-order valence-electron chi connectivity index (χ3n) is 4.27. The first kappa shape index (κ1) is 27.6. The van der Waals surface area contributed by atoms with Crippen LogP contribution in [0.5, 0.6) is 0 Å². The molecule has 0 saturated carbocycles. The van der Waals surface area contributed by atoms with Gasteiger partial charge in [-0.25, -0.2) is 4.79 Å². The molecule has 6 nitrogen and oxygen atoms in total. The van der Waals surface area contributed by atoms with Crippen LogP contribution in [0.25, 0.3) is 0 Å². The Kier molecular flexibility index (Phi) is 20.4. The van der Waals surface area contributed by atoms with E-state index in [-0.39, 0.29) is 43.3 Å². The van der Waals surface area contributed by atoms with Crippen molar-refractivity contribution in [3.63, 3.8) is 0 Å². The van der Waals surface area contributed by atoms with Crippen molar-refractivity contribution in [1.29, 1.82) is 0 Å². The second-order valence-electron chi connectivity index (χ2n) is 6.70. The van der Waals surface area contributed by atoms with Crippen LogP contribution in [0.2, 0.25) is 0 Å². The summed E-state index contributed by atoms with van der Waals surface area (Å²) in [6.07, 6.45) is 14.1. The van der Waals surface area contributed by atoms with Gasteiger partial charge in [-0.3, -0.25) is 9.59 Å². The molecular weight excluding hydrogens is 345 g/mol. The van der Waals surface area contributed by atoms with E-state index >= 15 is 0 Å². The van der Waals surface area contributed by atoms with Gasteiger partial charge in [-0.2, -0.15) is 0 Å². The van der Waals surface area contributed by atoms with E-state index in [1.165, 1.54) is 57.8 Å². The second kappa shape index (κ2) is 19.2. The maximum atomic E-state index is 11.7. The molecule has 0 bridgehead atoms. The molecule has 0 aliphatic carbocycles. The van der Waals surface area contributed by atoms with Gasteiger partial charge in [0.15, 0.2) is 0 Å². The van der Waals surface area contributed by atoms with Crippen LogP contribution in [0.1, 0.15) is 98.2 Å². The normalized spacial score (nSPS) is 11.4. The number of hydrogen-bond acceptors (Lipinski definition) is 3. The first-order chi connectivity index (χ1) is 12.0. The Bertz CT molecular complexity index is 396. The molecule has 0 aliphatic rings. The van der Waals surface area contributed by atoms with Crippen molar-refractivity contribution in [2.45, 2.75) is 103 Å². The van der Waals surface area contributed by atoms with E-state index in [9.17, 15) is 14.4 Å². The second-order valence-corrected chi connectivity index (χ2v) is 6.70. The van der Waals surface area contributed by atoms with Crippen molar-refractivity contribution >= 4 is 17.8 Å². The van der Waals surface area contributed by atoms with E-state index in [4.69, 9.17) is 10.2 Å². The Morgan fingerprint density at radius 1 is 0.808 bits per heavy atom. The van der Waals surface area contributed by atoms with Crippen molar-refractivity contribution in [2.75, 3.05) is 0 Å². The van der Waals surface area contributed by atoms with Gasteiger partial charge in [0, 0.05) is 6.42 Å². The van der Waals surface area contributed by atoms with Gasteiger partial charge in [-0.15, -0.1) is 0 Å². The third-order valence-corrected chi connectivity index (χ3v) is 4.27. The molecule has 26 heavy (non-hydrogen) atoms. The van der Waals surface area contributed by atoms with Crippen LogP contribution >= 0.6 is 0 Å². The third kappa shape index (κ3) is 18.2. The molecule has 148 valence electrons. The number of amides is 1. The zero-order chi connectivity index (χ0) is 18.9. The average Bonchev–Trinajstić information content (AvgIpc) is 2.54. The van der Waals surface area contributed by atoms with Gasteiger partial charge in [0.2, 0.25) is 5.91 Å². The molecule has 0 aliphatic heterocycles. The molecule has 7 heteroatoms. The van der Waals surface area contributed by atoms with Crippen LogP contribution in [-0.2, 0) is 14.4 Å². The molecule has 0 unspecified atom stereocenters. The number of carboxylic acid groups (broad SMARTS) is 2. The molecule has 0 spiro atoms. The maximum Gasteiger partial charge on any atom is 1.00 e. The number of nitrogens with one attached hydrogen (secondary N) is 1. The van der Waals surface area contributed by atoms with E-state index in [1.54, 1.807) is 0 Å². The van der Waals surface area contributed by atoms with Crippen LogP contribution in [0, 0.1) is 0 Å². The topological polar surface area (TPSA) is 104 Å². The molecule has 0 heterocycles. The van der Waals surface area contributed by atoms with Crippen LogP contribution in [0.15, 0.2) is 0 Å². The summed E-state index contributed by atoms with van der Waals surface area (Å²) >= 11 is 0. The van der Waals surface area contributed by atoms with Gasteiger partial charge in [0.25, 0.3) is 0 Å². The molecule has 0 saturated heterocycles. The molecule has 0 aromatic heterocycles. The Morgan fingerprint density at radius 3 is 1.62 bits per heavy atom.